The van der Waals surface area contributed by atoms with Gasteiger partial charge in [-0.25, -0.2) is 9.78 Å². The van der Waals surface area contributed by atoms with E-state index in [2.05, 4.69) is 4.98 Å². The Kier molecular flexibility index (Phi) is 3.82. The van der Waals surface area contributed by atoms with Gasteiger partial charge in [0.1, 0.15) is 0 Å². The van der Waals surface area contributed by atoms with Gasteiger partial charge in [-0.3, -0.25) is 0 Å². The Bertz CT molecular complexity index is 388. The van der Waals surface area contributed by atoms with E-state index in [1.165, 1.54) is 12.3 Å². The third kappa shape index (κ3) is 3.07. The summed E-state index contributed by atoms with van der Waals surface area (Å²) in [6.45, 7) is 0.0760. The monoisotopic (exact) mass is 208 g/mol. The van der Waals surface area contributed by atoms with Crippen LogP contribution in [-0.4, -0.2) is 27.8 Å². The molecule has 0 spiro atoms. The van der Waals surface area contributed by atoms with Crippen LogP contribution >= 0.6 is 0 Å². The molecule has 80 valence electrons. The molecule has 0 fully saturated rings. The van der Waals surface area contributed by atoms with Crippen LogP contribution in [0.15, 0.2) is 18.3 Å². The van der Waals surface area contributed by atoms with Crippen molar-refractivity contribution in [3.8, 4) is 0 Å². The first-order valence-corrected chi connectivity index (χ1v) is 4.41. The number of aromatic nitrogens is 1. The third-order valence-corrected chi connectivity index (χ3v) is 1.75. The number of aromatic carboxylic acids is 1. The maximum Gasteiger partial charge on any atom is 0.356 e. The van der Waals surface area contributed by atoms with Gasteiger partial charge in [-0.15, -0.1) is 0 Å². The van der Waals surface area contributed by atoms with E-state index < -0.39 is 5.97 Å². The topological polar surface area (TPSA) is 96.4 Å². The van der Waals surface area contributed by atoms with Gasteiger partial charge in [-0.2, -0.15) is 0 Å². The molecule has 0 aliphatic heterocycles. The fraction of sp³-hybridized carbons (Fsp3) is 0.200. The number of aliphatic hydroxyl groups is 1. The summed E-state index contributed by atoms with van der Waals surface area (Å²) in [7, 11) is 0. The summed E-state index contributed by atoms with van der Waals surface area (Å²) >= 11 is 0. The molecule has 0 saturated carbocycles. The number of hydrogen-bond acceptors (Lipinski definition) is 4. The number of rotatable bonds is 4. The normalized spacial score (nSPS) is 10.7. The molecule has 1 rings (SSSR count). The Morgan fingerprint density at radius 1 is 1.60 bits per heavy atom. The quantitative estimate of drug-likeness (QED) is 0.678. The minimum Gasteiger partial charge on any atom is -0.476 e. The van der Waals surface area contributed by atoms with Crippen LogP contribution < -0.4 is 5.73 Å². The molecule has 0 aliphatic rings. The molecule has 0 bridgehead atoms. The van der Waals surface area contributed by atoms with Crippen LogP contribution in [0, 0.1) is 0 Å². The predicted molar refractivity (Wildman–Crippen MR) is 56.3 cm³/mol. The average Bonchev–Trinajstić information content (AvgIpc) is 2.17. The second-order valence-electron chi connectivity index (χ2n) is 2.93. The van der Waals surface area contributed by atoms with Crippen molar-refractivity contribution in [2.75, 3.05) is 12.3 Å². The number of anilines is 1. The number of aliphatic hydroxyl groups excluding tert-OH is 1. The van der Waals surface area contributed by atoms with E-state index in [1.54, 1.807) is 12.2 Å². The largest absolute Gasteiger partial charge is 0.476 e. The summed E-state index contributed by atoms with van der Waals surface area (Å²) in [6, 6.07) is 1.53. The second kappa shape index (κ2) is 5.11. The third-order valence-electron chi connectivity index (χ3n) is 1.75. The van der Waals surface area contributed by atoms with E-state index in [1.807, 2.05) is 0 Å². The summed E-state index contributed by atoms with van der Waals surface area (Å²) in [5.41, 5.74) is 6.20. The predicted octanol–water partition coefficient (Wildman–Crippen LogP) is 0.758. The minimum atomic E-state index is -1.14. The first-order valence-electron chi connectivity index (χ1n) is 4.41. The molecule has 5 nitrogen and oxygen atoms in total. The zero-order valence-electron chi connectivity index (χ0n) is 8.05. The van der Waals surface area contributed by atoms with Crippen molar-refractivity contribution < 1.29 is 15.0 Å². The minimum absolute atomic E-state index is 0.0760. The molecule has 0 unspecified atom stereocenters. The van der Waals surface area contributed by atoms with Gasteiger partial charge >= 0.3 is 5.97 Å². The van der Waals surface area contributed by atoms with Gasteiger partial charge in [-0.05, 0) is 18.1 Å². The van der Waals surface area contributed by atoms with Crippen molar-refractivity contribution in [1.29, 1.82) is 0 Å². The summed E-state index contributed by atoms with van der Waals surface area (Å²) in [6.07, 6.45) is 5.45. The highest BCUT2D eigenvalue weighted by Gasteiger charge is 2.08. The Hall–Kier alpha value is -1.88. The molecular weight excluding hydrogens is 196 g/mol. The maximum absolute atomic E-state index is 10.6. The molecule has 0 radical (unpaired) electrons. The zero-order chi connectivity index (χ0) is 11.3. The summed E-state index contributed by atoms with van der Waals surface area (Å²) < 4.78 is 0. The maximum atomic E-state index is 10.6. The van der Waals surface area contributed by atoms with E-state index in [0.717, 1.165) is 0 Å². The molecule has 0 aromatic carbocycles. The van der Waals surface area contributed by atoms with Crippen LogP contribution in [0.5, 0.6) is 0 Å². The van der Waals surface area contributed by atoms with E-state index >= 15 is 0 Å². The standard InChI is InChI=1S/C10H12N2O3/c11-8-5-7(3-1-2-4-13)6-12-9(8)10(14)15/h1,3,5-6,13H,2,4,11H2,(H,14,15). The lowest BCUT2D eigenvalue weighted by Gasteiger charge is -2.00. The molecule has 0 aliphatic carbocycles. The van der Waals surface area contributed by atoms with Gasteiger partial charge < -0.3 is 15.9 Å². The number of nitrogens with zero attached hydrogens (tertiary/aromatic N) is 1. The van der Waals surface area contributed by atoms with Gasteiger partial charge in [0.2, 0.25) is 0 Å². The fourth-order valence-electron chi connectivity index (χ4n) is 1.06. The fourth-order valence-corrected chi connectivity index (χ4v) is 1.06. The highest BCUT2D eigenvalue weighted by Crippen LogP contribution is 2.12. The molecule has 0 saturated heterocycles. The van der Waals surface area contributed by atoms with Crippen molar-refractivity contribution in [3.63, 3.8) is 0 Å². The van der Waals surface area contributed by atoms with E-state index in [4.69, 9.17) is 15.9 Å². The Labute approximate surface area is 86.9 Å². The molecule has 4 N–H and O–H groups in total. The summed E-state index contributed by atoms with van der Waals surface area (Å²) in [5.74, 6) is -1.14. The van der Waals surface area contributed by atoms with E-state index in [9.17, 15) is 4.79 Å². The van der Waals surface area contributed by atoms with Crippen molar-refractivity contribution >= 4 is 17.7 Å². The van der Waals surface area contributed by atoms with Crippen LogP contribution in [-0.2, 0) is 0 Å². The van der Waals surface area contributed by atoms with Crippen LogP contribution in [0.1, 0.15) is 22.5 Å². The van der Waals surface area contributed by atoms with Crippen molar-refractivity contribution in [2.24, 2.45) is 0 Å². The van der Waals surface area contributed by atoms with Crippen LogP contribution in [0.25, 0.3) is 6.08 Å². The van der Waals surface area contributed by atoms with E-state index in [-0.39, 0.29) is 18.0 Å². The summed E-state index contributed by atoms with van der Waals surface area (Å²) in [5, 5.41) is 17.2. The van der Waals surface area contributed by atoms with Crippen molar-refractivity contribution in [3.05, 3.63) is 29.6 Å². The molecule has 5 heteroatoms. The van der Waals surface area contributed by atoms with Crippen LogP contribution in [0.2, 0.25) is 0 Å². The number of nitrogens with two attached hydrogens (primary N) is 1. The highest BCUT2D eigenvalue weighted by molar-refractivity contribution is 5.91. The number of nitrogen functional groups attached to an aromatic ring is 1. The molecule has 15 heavy (non-hydrogen) atoms. The molecule has 0 atom stereocenters. The van der Waals surface area contributed by atoms with Gasteiger partial charge in [-0.1, -0.05) is 12.2 Å². The van der Waals surface area contributed by atoms with Crippen LogP contribution in [0.4, 0.5) is 5.69 Å². The molecule has 0 amide bonds. The number of carboxylic acids is 1. The van der Waals surface area contributed by atoms with Gasteiger partial charge in [0.15, 0.2) is 5.69 Å². The number of hydrogen-bond donors (Lipinski definition) is 3. The highest BCUT2D eigenvalue weighted by atomic mass is 16.4. The Morgan fingerprint density at radius 2 is 2.33 bits per heavy atom. The number of pyridine rings is 1. The zero-order valence-corrected chi connectivity index (χ0v) is 8.05. The van der Waals surface area contributed by atoms with Gasteiger partial charge in [0.05, 0.1) is 5.69 Å². The lowest BCUT2D eigenvalue weighted by molar-refractivity contribution is 0.0692. The van der Waals surface area contributed by atoms with Crippen LogP contribution in [0.3, 0.4) is 0 Å². The SMILES string of the molecule is Nc1cc(C=CCCO)cnc1C(=O)O. The van der Waals surface area contributed by atoms with Gasteiger partial charge in [0, 0.05) is 12.8 Å². The second-order valence-corrected chi connectivity index (χ2v) is 2.93. The average molecular weight is 208 g/mol. The molecule has 1 aromatic heterocycles. The Balaban J connectivity index is 2.87. The van der Waals surface area contributed by atoms with Crippen molar-refractivity contribution in [2.45, 2.75) is 6.42 Å². The summed E-state index contributed by atoms with van der Waals surface area (Å²) in [4.78, 5) is 14.3. The van der Waals surface area contributed by atoms with Crippen molar-refractivity contribution in [1.82, 2.24) is 4.98 Å². The molecule has 1 aromatic rings. The lowest BCUT2D eigenvalue weighted by Crippen LogP contribution is -2.05. The van der Waals surface area contributed by atoms with E-state index in [0.29, 0.717) is 12.0 Å². The van der Waals surface area contributed by atoms with Gasteiger partial charge in [0.25, 0.3) is 0 Å². The number of carbonyl (C=O) groups is 1. The molecular formula is C10H12N2O3. The first kappa shape index (κ1) is 11.2. The Morgan fingerprint density at radius 3 is 2.87 bits per heavy atom. The number of carboxylic acid groups (broad SMARTS) is 1. The lowest BCUT2D eigenvalue weighted by atomic mass is 10.2. The molecule has 1 heterocycles. The smallest absolute Gasteiger partial charge is 0.356 e. The first-order chi connectivity index (χ1) is 7.15.